The molecule has 0 amide bonds. The maximum Gasteiger partial charge on any atom is 0.181 e. The Labute approximate surface area is 118 Å². The molecule has 1 aliphatic rings. The Morgan fingerprint density at radius 1 is 1.05 bits per heavy atom. The summed E-state index contributed by atoms with van der Waals surface area (Å²) in [7, 11) is 0. The van der Waals surface area contributed by atoms with Crippen molar-refractivity contribution < 1.29 is 0 Å². The first-order valence-electron chi connectivity index (χ1n) is 7.10. The molecule has 0 bridgehead atoms. The summed E-state index contributed by atoms with van der Waals surface area (Å²) in [5, 5.41) is 11.9. The monoisotopic (exact) mass is 269 g/mol. The van der Waals surface area contributed by atoms with E-state index in [0.717, 1.165) is 24.6 Å². The molecule has 1 fully saturated rings. The summed E-state index contributed by atoms with van der Waals surface area (Å²) in [6, 6.07) is 8.19. The fourth-order valence-corrected chi connectivity index (χ4v) is 2.41. The Hall–Kier alpha value is -2.17. The van der Waals surface area contributed by atoms with Crippen molar-refractivity contribution in [3.8, 4) is 5.69 Å². The first kappa shape index (κ1) is 12.8. The van der Waals surface area contributed by atoms with Gasteiger partial charge in [0, 0.05) is 25.4 Å². The van der Waals surface area contributed by atoms with E-state index in [1.165, 1.54) is 24.8 Å². The molecule has 1 saturated heterocycles. The number of hydrogen-bond donors (Lipinski definition) is 0. The molecular weight excluding hydrogens is 250 g/mol. The number of rotatable bonds is 3. The summed E-state index contributed by atoms with van der Waals surface area (Å²) in [6.45, 7) is 4.33. The number of likely N-dealkylation sites (tertiary alicyclic amines) is 1. The molecule has 5 nitrogen and oxygen atoms in total. The maximum absolute atomic E-state index is 4.09. The summed E-state index contributed by atoms with van der Waals surface area (Å²) in [5.41, 5.74) is 2.21. The number of aromatic nitrogens is 4. The molecule has 0 spiro atoms. The SMILES string of the molecule is Cc1ccc(-n2nnnc2C=CN2CCCCC2)cc1. The summed E-state index contributed by atoms with van der Waals surface area (Å²) in [4.78, 5) is 2.33. The van der Waals surface area contributed by atoms with Crippen LogP contribution < -0.4 is 0 Å². The van der Waals surface area contributed by atoms with Crippen molar-refractivity contribution in [1.29, 1.82) is 0 Å². The van der Waals surface area contributed by atoms with Gasteiger partial charge in [0.05, 0.1) is 5.69 Å². The van der Waals surface area contributed by atoms with Crippen LogP contribution >= 0.6 is 0 Å². The molecule has 0 N–H and O–H groups in total. The number of hydrogen-bond acceptors (Lipinski definition) is 4. The van der Waals surface area contributed by atoms with E-state index in [1.54, 1.807) is 4.68 Å². The van der Waals surface area contributed by atoms with Gasteiger partial charge in [-0.25, -0.2) is 0 Å². The first-order valence-corrected chi connectivity index (χ1v) is 7.10. The largest absolute Gasteiger partial charge is 0.377 e. The van der Waals surface area contributed by atoms with Gasteiger partial charge in [-0.3, -0.25) is 0 Å². The van der Waals surface area contributed by atoms with E-state index < -0.39 is 0 Å². The first-order chi connectivity index (χ1) is 9.83. The van der Waals surface area contributed by atoms with E-state index >= 15 is 0 Å². The molecule has 0 unspecified atom stereocenters. The maximum atomic E-state index is 4.09. The summed E-state index contributed by atoms with van der Waals surface area (Å²) >= 11 is 0. The lowest BCUT2D eigenvalue weighted by atomic mass is 10.1. The molecule has 1 aliphatic heterocycles. The van der Waals surface area contributed by atoms with Gasteiger partial charge in [-0.2, -0.15) is 4.68 Å². The molecule has 3 rings (SSSR count). The zero-order chi connectivity index (χ0) is 13.8. The van der Waals surface area contributed by atoms with Crippen LogP contribution in [0.1, 0.15) is 30.7 Å². The second-order valence-electron chi connectivity index (χ2n) is 5.20. The predicted octanol–water partition coefficient (Wildman–Crippen LogP) is 2.43. The highest BCUT2D eigenvalue weighted by molar-refractivity contribution is 5.44. The minimum Gasteiger partial charge on any atom is -0.377 e. The van der Waals surface area contributed by atoms with Gasteiger partial charge in [0.2, 0.25) is 0 Å². The van der Waals surface area contributed by atoms with E-state index in [1.807, 2.05) is 18.2 Å². The van der Waals surface area contributed by atoms with Gasteiger partial charge in [0.1, 0.15) is 0 Å². The van der Waals surface area contributed by atoms with E-state index in [4.69, 9.17) is 0 Å². The van der Waals surface area contributed by atoms with Crippen LogP contribution in [-0.4, -0.2) is 38.2 Å². The second kappa shape index (κ2) is 5.86. The minimum absolute atomic E-state index is 0.763. The summed E-state index contributed by atoms with van der Waals surface area (Å²) < 4.78 is 1.76. The van der Waals surface area contributed by atoms with Crippen LogP contribution in [0.25, 0.3) is 11.8 Å². The zero-order valence-electron chi connectivity index (χ0n) is 11.7. The van der Waals surface area contributed by atoms with Crippen molar-refractivity contribution in [2.24, 2.45) is 0 Å². The topological polar surface area (TPSA) is 46.8 Å². The molecule has 1 aromatic carbocycles. The van der Waals surface area contributed by atoms with E-state index in [0.29, 0.717) is 0 Å². The lowest BCUT2D eigenvalue weighted by Crippen LogP contribution is -2.24. The molecule has 20 heavy (non-hydrogen) atoms. The van der Waals surface area contributed by atoms with Gasteiger partial charge in [0.15, 0.2) is 5.82 Å². The van der Waals surface area contributed by atoms with E-state index in [9.17, 15) is 0 Å². The normalized spacial score (nSPS) is 15.9. The van der Waals surface area contributed by atoms with Gasteiger partial charge in [-0.1, -0.05) is 17.7 Å². The van der Waals surface area contributed by atoms with Gasteiger partial charge in [-0.05, 0) is 48.7 Å². The summed E-state index contributed by atoms with van der Waals surface area (Å²) in [6.07, 6.45) is 7.98. The van der Waals surface area contributed by atoms with Gasteiger partial charge in [0.25, 0.3) is 0 Å². The average Bonchev–Trinajstić information content (AvgIpc) is 2.95. The highest BCUT2D eigenvalue weighted by Gasteiger charge is 2.08. The molecule has 2 aromatic rings. The molecule has 0 radical (unpaired) electrons. The van der Waals surface area contributed by atoms with Crippen molar-refractivity contribution in [3.05, 3.63) is 41.9 Å². The van der Waals surface area contributed by atoms with Gasteiger partial charge in [-0.15, -0.1) is 5.10 Å². The number of aryl methyl sites for hydroxylation is 1. The molecule has 0 aliphatic carbocycles. The smallest absolute Gasteiger partial charge is 0.181 e. The van der Waals surface area contributed by atoms with Crippen molar-refractivity contribution in [2.75, 3.05) is 13.1 Å². The molecule has 0 atom stereocenters. The standard InChI is InChI=1S/C15H19N5/c1-13-5-7-14(8-6-13)20-15(16-17-18-20)9-12-19-10-3-2-4-11-19/h5-9,12H,2-4,10-11H2,1H3. The number of tetrazole rings is 1. The fourth-order valence-electron chi connectivity index (χ4n) is 2.41. The van der Waals surface area contributed by atoms with Crippen LogP contribution in [0.2, 0.25) is 0 Å². The van der Waals surface area contributed by atoms with Crippen LogP contribution in [0.15, 0.2) is 30.5 Å². The Morgan fingerprint density at radius 2 is 1.80 bits per heavy atom. The third-order valence-electron chi connectivity index (χ3n) is 3.60. The number of benzene rings is 1. The van der Waals surface area contributed by atoms with Crippen molar-refractivity contribution in [3.63, 3.8) is 0 Å². The van der Waals surface area contributed by atoms with Crippen LogP contribution in [-0.2, 0) is 0 Å². The molecule has 104 valence electrons. The van der Waals surface area contributed by atoms with Crippen molar-refractivity contribution >= 4 is 6.08 Å². The fraction of sp³-hybridized carbons (Fsp3) is 0.400. The van der Waals surface area contributed by atoms with Gasteiger partial charge < -0.3 is 4.90 Å². The Bertz CT molecular complexity index is 579. The van der Waals surface area contributed by atoms with Crippen LogP contribution in [0.3, 0.4) is 0 Å². The van der Waals surface area contributed by atoms with Crippen LogP contribution in [0.4, 0.5) is 0 Å². The quantitative estimate of drug-likeness (QED) is 0.858. The third-order valence-corrected chi connectivity index (χ3v) is 3.60. The third kappa shape index (κ3) is 2.87. The predicted molar refractivity (Wildman–Crippen MR) is 78.3 cm³/mol. The number of piperidine rings is 1. The van der Waals surface area contributed by atoms with Gasteiger partial charge >= 0.3 is 0 Å². The van der Waals surface area contributed by atoms with Crippen molar-refractivity contribution in [2.45, 2.75) is 26.2 Å². The lowest BCUT2D eigenvalue weighted by Gasteiger charge is -2.24. The van der Waals surface area contributed by atoms with E-state index in [-0.39, 0.29) is 0 Å². The molecule has 1 aromatic heterocycles. The van der Waals surface area contributed by atoms with Crippen LogP contribution in [0, 0.1) is 6.92 Å². The highest BCUT2D eigenvalue weighted by atomic mass is 15.5. The molecule has 2 heterocycles. The lowest BCUT2D eigenvalue weighted by molar-refractivity contribution is 0.311. The Kier molecular flexibility index (Phi) is 3.76. The Morgan fingerprint density at radius 3 is 2.55 bits per heavy atom. The summed E-state index contributed by atoms with van der Waals surface area (Å²) in [5.74, 6) is 0.763. The minimum atomic E-state index is 0.763. The van der Waals surface area contributed by atoms with Crippen LogP contribution in [0.5, 0.6) is 0 Å². The van der Waals surface area contributed by atoms with Crippen molar-refractivity contribution in [1.82, 2.24) is 25.1 Å². The average molecular weight is 269 g/mol. The Balaban J connectivity index is 1.79. The number of nitrogens with zero attached hydrogens (tertiary/aromatic N) is 5. The molecular formula is C15H19N5. The zero-order valence-corrected chi connectivity index (χ0v) is 11.7. The molecule has 5 heteroatoms. The van der Waals surface area contributed by atoms with E-state index in [2.05, 4.69) is 45.7 Å². The molecule has 0 saturated carbocycles. The highest BCUT2D eigenvalue weighted by Crippen LogP contribution is 2.12. The second-order valence-corrected chi connectivity index (χ2v) is 5.20.